The van der Waals surface area contributed by atoms with Gasteiger partial charge in [-0.1, -0.05) is 89.9 Å². The summed E-state index contributed by atoms with van der Waals surface area (Å²) < 4.78 is 31.7. The van der Waals surface area contributed by atoms with Crippen LogP contribution in [0.5, 0.6) is 0 Å². The smallest absolute Gasteiger partial charge is 0.475 e. The van der Waals surface area contributed by atoms with Crippen molar-refractivity contribution in [2.45, 2.75) is 31.1 Å². The van der Waals surface area contributed by atoms with Crippen molar-refractivity contribution < 1.29 is 23.1 Å². The molecule has 0 amide bonds. The number of alkyl halides is 3. The number of aryl methyl sites for hydroxylation is 1. The third kappa shape index (κ3) is 6.98. The van der Waals surface area contributed by atoms with Gasteiger partial charge in [0.2, 0.25) is 0 Å². The van der Waals surface area contributed by atoms with Crippen LogP contribution in [0.4, 0.5) is 13.2 Å². The summed E-state index contributed by atoms with van der Waals surface area (Å²) >= 11 is 12.2. The van der Waals surface area contributed by atoms with Crippen LogP contribution < -0.4 is 5.32 Å². The maximum Gasteiger partial charge on any atom is 0.490 e. The van der Waals surface area contributed by atoms with Crippen LogP contribution in [-0.4, -0.2) is 23.1 Å². The number of rotatable bonds is 5. The summed E-state index contributed by atoms with van der Waals surface area (Å²) in [4.78, 5) is 13.9. The van der Waals surface area contributed by atoms with Crippen molar-refractivity contribution in [2.75, 3.05) is 0 Å². The molecule has 2 N–H and O–H groups in total. The first kappa shape index (κ1) is 25.6. The minimum absolute atomic E-state index is 0.0809. The Labute approximate surface area is 205 Å². The highest BCUT2D eigenvalue weighted by Gasteiger charge is 2.38. The third-order valence-electron chi connectivity index (χ3n) is 5.11. The lowest BCUT2D eigenvalue weighted by Gasteiger charge is -2.19. The molecule has 34 heavy (non-hydrogen) atoms. The summed E-state index contributed by atoms with van der Waals surface area (Å²) in [6.45, 7) is 0. The lowest BCUT2D eigenvalue weighted by molar-refractivity contribution is -0.192. The molecule has 0 radical (unpaired) electrons. The van der Waals surface area contributed by atoms with Crippen molar-refractivity contribution >= 4 is 35.0 Å². The average Bonchev–Trinajstić information content (AvgIpc) is 3.25. The van der Waals surface area contributed by atoms with E-state index in [4.69, 9.17) is 38.1 Å². The van der Waals surface area contributed by atoms with E-state index in [-0.39, 0.29) is 12.1 Å². The number of aliphatic imine (C=N–C) groups is 1. The van der Waals surface area contributed by atoms with Crippen molar-refractivity contribution in [3.05, 3.63) is 106 Å². The van der Waals surface area contributed by atoms with Crippen LogP contribution in [0.15, 0.2) is 83.9 Å². The normalized spacial score (nSPS) is 17.3. The van der Waals surface area contributed by atoms with Gasteiger partial charge in [0, 0.05) is 6.42 Å². The molecule has 178 valence electrons. The SMILES string of the molecule is Clc1ccc(CCC2=N[C@H](c3ccccc3)[C@H](c3ccccc3)N2)cc1Cl.O=C(O)C(F)(F)F. The zero-order valence-electron chi connectivity index (χ0n) is 17.8. The second kappa shape index (κ2) is 11.4. The molecule has 3 aromatic rings. The molecule has 9 heteroatoms. The van der Waals surface area contributed by atoms with Crippen LogP contribution >= 0.6 is 23.2 Å². The van der Waals surface area contributed by atoms with Gasteiger partial charge in [-0.25, -0.2) is 4.79 Å². The van der Waals surface area contributed by atoms with Crippen molar-refractivity contribution in [3.8, 4) is 0 Å². The van der Waals surface area contributed by atoms with Crippen molar-refractivity contribution in [3.63, 3.8) is 0 Å². The zero-order chi connectivity index (χ0) is 24.7. The fraction of sp³-hybridized carbons (Fsp3) is 0.200. The first-order chi connectivity index (χ1) is 16.1. The summed E-state index contributed by atoms with van der Waals surface area (Å²) in [7, 11) is 0. The zero-order valence-corrected chi connectivity index (χ0v) is 19.3. The van der Waals surface area contributed by atoms with E-state index >= 15 is 0 Å². The van der Waals surface area contributed by atoms with Crippen LogP contribution in [0.2, 0.25) is 10.0 Å². The van der Waals surface area contributed by atoms with Crippen LogP contribution in [0, 0.1) is 0 Å². The van der Waals surface area contributed by atoms with Crippen LogP contribution in [-0.2, 0) is 11.2 Å². The highest BCUT2D eigenvalue weighted by atomic mass is 35.5. The van der Waals surface area contributed by atoms with E-state index in [1.165, 1.54) is 11.1 Å². The number of carboxylic acids is 1. The topological polar surface area (TPSA) is 61.7 Å². The van der Waals surface area contributed by atoms with Gasteiger partial charge >= 0.3 is 12.1 Å². The van der Waals surface area contributed by atoms with E-state index in [1.807, 2.05) is 30.3 Å². The summed E-state index contributed by atoms with van der Waals surface area (Å²) in [6, 6.07) is 27.0. The predicted molar refractivity (Wildman–Crippen MR) is 127 cm³/mol. The maximum atomic E-state index is 10.6. The van der Waals surface area contributed by atoms with E-state index in [1.54, 1.807) is 0 Å². The fourth-order valence-electron chi connectivity index (χ4n) is 3.48. The van der Waals surface area contributed by atoms with Gasteiger partial charge in [0.1, 0.15) is 6.04 Å². The predicted octanol–water partition coefficient (Wildman–Crippen LogP) is 7.04. The molecule has 0 spiro atoms. The molecule has 4 nitrogen and oxygen atoms in total. The molecule has 1 heterocycles. The van der Waals surface area contributed by atoms with E-state index in [2.05, 4.69) is 53.8 Å². The molecule has 0 fully saturated rings. The van der Waals surface area contributed by atoms with Gasteiger partial charge in [0.25, 0.3) is 0 Å². The Morgan fingerprint density at radius 3 is 1.97 bits per heavy atom. The number of nitrogens with zero attached hydrogens (tertiary/aromatic N) is 1. The number of aliphatic carboxylic acids is 1. The number of hydrogen-bond acceptors (Lipinski definition) is 3. The fourth-order valence-corrected chi connectivity index (χ4v) is 3.80. The lowest BCUT2D eigenvalue weighted by Crippen LogP contribution is -2.24. The number of nitrogens with one attached hydrogen (secondary N) is 1. The van der Waals surface area contributed by atoms with Gasteiger partial charge in [-0.05, 0) is 35.2 Å². The second-order valence-corrected chi connectivity index (χ2v) is 8.33. The van der Waals surface area contributed by atoms with Crippen LogP contribution in [0.3, 0.4) is 0 Å². The number of hydrogen-bond donors (Lipinski definition) is 2. The lowest BCUT2D eigenvalue weighted by atomic mass is 9.95. The molecule has 1 aliphatic rings. The number of halogens is 5. The Kier molecular flexibility index (Phi) is 8.58. The largest absolute Gasteiger partial charge is 0.490 e. The first-order valence-electron chi connectivity index (χ1n) is 10.3. The van der Waals surface area contributed by atoms with Crippen LogP contribution in [0.25, 0.3) is 0 Å². The standard InChI is InChI=1S/C23H20Cl2N2.C2HF3O2/c24-19-13-11-16(15-20(19)25)12-14-21-26-22(17-7-3-1-4-8-17)23(27-21)18-9-5-2-6-10-18;3-2(4,5)1(6)7/h1-11,13,15,22-23H,12,14H2,(H,26,27);(H,6,7)/t22-,23+;. The molecule has 0 saturated carbocycles. The van der Waals surface area contributed by atoms with Crippen molar-refractivity contribution in [1.82, 2.24) is 5.32 Å². The van der Waals surface area contributed by atoms with Crippen molar-refractivity contribution in [2.24, 2.45) is 4.99 Å². The van der Waals surface area contributed by atoms with Crippen LogP contribution in [0.1, 0.15) is 35.2 Å². The Morgan fingerprint density at radius 2 is 1.44 bits per heavy atom. The number of carboxylic acid groups (broad SMARTS) is 1. The van der Waals surface area contributed by atoms with Gasteiger partial charge in [0.05, 0.1) is 21.9 Å². The van der Waals surface area contributed by atoms with E-state index in [0.29, 0.717) is 10.0 Å². The highest BCUT2D eigenvalue weighted by molar-refractivity contribution is 6.42. The number of benzene rings is 3. The monoisotopic (exact) mass is 508 g/mol. The third-order valence-corrected chi connectivity index (χ3v) is 5.85. The summed E-state index contributed by atoms with van der Waals surface area (Å²) in [6.07, 6.45) is -3.38. The molecular weight excluding hydrogens is 488 g/mol. The molecule has 1 aliphatic heterocycles. The molecule has 0 saturated heterocycles. The Morgan fingerprint density at radius 1 is 0.882 bits per heavy atom. The molecule has 0 bridgehead atoms. The van der Waals surface area contributed by atoms with Gasteiger partial charge in [0.15, 0.2) is 0 Å². The molecular formula is C25H21Cl2F3N2O2. The van der Waals surface area contributed by atoms with E-state index < -0.39 is 12.1 Å². The molecule has 0 aromatic heterocycles. The molecule has 4 rings (SSSR count). The Balaban J connectivity index is 0.000000406. The first-order valence-corrected chi connectivity index (χ1v) is 11.1. The molecule has 3 aromatic carbocycles. The quantitative estimate of drug-likeness (QED) is 0.388. The summed E-state index contributed by atoms with van der Waals surface area (Å²) in [5.74, 6) is -1.73. The molecule has 2 atom stereocenters. The Hall–Kier alpha value is -3.03. The van der Waals surface area contributed by atoms with E-state index in [9.17, 15) is 13.2 Å². The summed E-state index contributed by atoms with van der Waals surface area (Å²) in [5, 5.41) is 12.0. The molecule has 0 aliphatic carbocycles. The minimum atomic E-state index is -5.08. The maximum absolute atomic E-state index is 10.6. The minimum Gasteiger partial charge on any atom is -0.475 e. The van der Waals surface area contributed by atoms with Gasteiger partial charge < -0.3 is 10.4 Å². The number of carbonyl (C=O) groups is 1. The second-order valence-electron chi connectivity index (χ2n) is 7.52. The summed E-state index contributed by atoms with van der Waals surface area (Å²) in [5.41, 5.74) is 3.64. The average molecular weight is 509 g/mol. The highest BCUT2D eigenvalue weighted by Crippen LogP contribution is 2.36. The van der Waals surface area contributed by atoms with Crippen molar-refractivity contribution in [1.29, 1.82) is 0 Å². The molecule has 0 unspecified atom stereocenters. The number of amidine groups is 1. The van der Waals surface area contributed by atoms with Gasteiger partial charge in [-0.3, -0.25) is 4.99 Å². The van der Waals surface area contributed by atoms with Gasteiger partial charge in [-0.2, -0.15) is 13.2 Å². The Bertz CT molecular complexity index is 1140. The van der Waals surface area contributed by atoms with E-state index in [0.717, 1.165) is 24.2 Å². The van der Waals surface area contributed by atoms with Gasteiger partial charge in [-0.15, -0.1) is 0 Å².